The van der Waals surface area contributed by atoms with E-state index in [1.807, 2.05) is 0 Å². The number of rotatable bonds is 7. The van der Waals surface area contributed by atoms with Gasteiger partial charge in [-0.3, -0.25) is 14.9 Å². The third kappa shape index (κ3) is 7.40. The molecule has 0 spiro atoms. The minimum atomic E-state index is -0.859. The van der Waals surface area contributed by atoms with Crippen LogP contribution >= 0.6 is 0 Å². The van der Waals surface area contributed by atoms with E-state index < -0.39 is 17.9 Å². The number of urea groups is 1. The highest BCUT2D eigenvalue weighted by atomic mass is 16.4. The van der Waals surface area contributed by atoms with Crippen molar-refractivity contribution in [1.82, 2.24) is 16.0 Å². The van der Waals surface area contributed by atoms with Crippen LogP contribution in [0.15, 0.2) is 0 Å². The van der Waals surface area contributed by atoms with Crippen LogP contribution in [0.2, 0.25) is 0 Å². The van der Waals surface area contributed by atoms with E-state index in [1.165, 1.54) is 0 Å². The summed E-state index contributed by atoms with van der Waals surface area (Å²) < 4.78 is 0. The van der Waals surface area contributed by atoms with E-state index in [0.717, 1.165) is 25.7 Å². The van der Waals surface area contributed by atoms with Gasteiger partial charge in [0.05, 0.1) is 6.54 Å². The molecule has 0 aromatic rings. The number of carboxylic acid groups (broad SMARTS) is 1. The van der Waals surface area contributed by atoms with Gasteiger partial charge in [-0.2, -0.15) is 0 Å². The van der Waals surface area contributed by atoms with Crippen LogP contribution in [0.5, 0.6) is 0 Å². The molecule has 0 unspecified atom stereocenters. The fourth-order valence-corrected chi connectivity index (χ4v) is 2.03. The van der Waals surface area contributed by atoms with Gasteiger partial charge in [-0.05, 0) is 25.8 Å². The SMILES string of the molecule is O=C(O)CCCNCC(=O)NC(=O)NC1CCCC1. The van der Waals surface area contributed by atoms with Crippen molar-refractivity contribution in [2.45, 2.75) is 44.6 Å². The molecule has 0 atom stereocenters. The molecule has 0 aromatic carbocycles. The molecule has 0 aliphatic heterocycles. The maximum Gasteiger partial charge on any atom is 0.321 e. The monoisotopic (exact) mass is 271 g/mol. The summed E-state index contributed by atoms with van der Waals surface area (Å²) in [6.45, 7) is 0.446. The van der Waals surface area contributed by atoms with Crippen molar-refractivity contribution < 1.29 is 19.5 Å². The van der Waals surface area contributed by atoms with Crippen molar-refractivity contribution in [2.75, 3.05) is 13.1 Å². The third-order valence-electron chi connectivity index (χ3n) is 2.97. The minimum absolute atomic E-state index is 0.0116. The summed E-state index contributed by atoms with van der Waals surface area (Å²) in [6, 6.07) is -0.277. The highest BCUT2D eigenvalue weighted by Gasteiger charge is 2.17. The molecule has 1 rings (SSSR count). The maximum atomic E-state index is 11.4. The lowest BCUT2D eigenvalue weighted by Gasteiger charge is -2.12. The zero-order valence-corrected chi connectivity index (χ0v) is 10.9. The van der Waals surface area contributed by atoms with E-state index in [1.54, 1.807) is 0 Å². The molecular formula is C12H21N3O4. The van der Waals surface area contributed by atoms with Crippen LogP contribution in [0.4, 0.5) is 4.79 Å². The number of nitrogens with one attached hydrogen (secondary N) is 3. The van der Waals surface area contributed by atoms with Crippen LogP contribution in [0, 0.1) is 0 Å². The molecule has 7 heteroatoms. The predicted octanol–water partition coefficient (Wildman–Crippen LogP) is 0.209. The molecule has 0 heterocycles. The van der Waals surface area contributed by atoms with Crippen molar-refractivity contribution in [3.05, 3.63) is 0 Å². The van der Waals surface area contributed by atoms with Crippen LogP contribution in [-0.4, -0.2) is 42.1 Å². The van der Waals surface area contributed by atoms with Crippen molar-refractivity contribution in [3.8, 4) is 0 Å². The first kappa shape index (κ1) is 15.4. The van der Waals surface area contributed by atoms with Crippen LogP contribution in [0.3, 0.4) is 0 Å². The van der Waals surface area contributed by atoms with E-state index in [9.17, 15) is 14.4 Å². The fourth-order valence-electron chi connectivity index (χ4n) is 2.03. The van der Waals surface area contributed by atoms with Crippen molar-refractivity contribution in [1.29, 1.82) is 0 Å². The van der Waals surface area contributed by atoms with Crippen LogP contribution in [-0.2, 0) is 9.59 Å². The molecule has 0 radical (unpaired) electrons. The Balaban J connectivity index is 2.03. The summed E-state index contributed by atoms with van der Waals surface area (Å²) in [5, 5.41) is 16.2. The average molecular weight is 271 g/mol. The predicted molar refractivity (Wildman–Crippen MR) is 68.7 cm³/mol. The highest BCUT2D eigenvalue weighted by molar-refractivity contribution is 5.95. The van der Waals surface area contributed by atoms with Gasteiger partial charge in [-0.1, -0.05) is 12.8 Å². The fraction of sp³-hybridized carbons (Fsp3) is 0.750. The number of amides is 3. The molecule has 1 fully saturated rings. The molecule has 3 amide bonds. The molecule has 0 bridgehead atoms. The zero-order chi connectivity index (χ0) is 14.1. The second-order valence-corrected chi connectivity index (χ2v) is 4.68. The van der Waals surface area contributed by atoms with E-state index in [4.69, 9.17) is 5.11 Å². The number of carbonyl (C=O) groups is 3. The lowest BCUT2D eigenvalue weighted by atomic mass is 10.2. The Labute approximate surface area is 112 Å². The van der Waals surface area contributed by atoms with Crippen LogP contribution < -0.4 is 16.0 Å². The van der Waals surface area contributed by atoms with E-state index in [0.29, 0.717) is 13.0 Å². The Morgan fingerprint density at radius 2 is 1.84 bits per heavy atom. The van der Waals surface area contributed by atoms with Gasteiger partial charge in [0.1, 0.15) is 0 Å². The van der Waals surface area contributed by atoms with Gasteiger partial charge in [0.15, 0.2) is 0 Å². The molecule has 1 aliphatic carbocycles. The Hall–Kier alpha value is -1.63. The van der Waals surface area contributed by atoms with E-state index in [-0.39, 0.29) is 19.0 Å². The van der Waals surface area contributed by atoms with Gasteiger partial charge in [0.2, 0.25) is 5.91 Å². The average Bonchev–Trinajstić information content (AvgIpc) is 2.80. The first-order valence-electron chi connectivity index (χ1n) is 6.61. The number of aliphatic carboxylic acids is 1. The van der Waals surface area contributed by atoms with Crippen molar-refractivity contribution in [3.63, 3.8) is 0 Å². The maximum absolute atomic E-state index is 11.4. The Kier molecular flexibility index (Phi) is 6.88. The number of carboxylic acids is 1. The summed E-state index contributed by atoms with van der Waals surface area (Å²) in [7, 11) is 0. The Bertz CT molecular complexity index is 327. The third-order valence-corrected chi connectivity index (χ3v) is 2.97. The lowest BCUT2D eigenvalue weighted by Crippen LogP contribution is -2.46. The molecule has 1 aliphatic rings. The quantitative estimate of drug-likeness (QED) is 0.495. The molecule has 1 saturated carbocycles. The highest BCUT2D eigenvalue weighted by Crippen LogP contribution is 2.17. The number of carbonyl (C=O) groups excluding carboxylic acids is 2. The first-order chi connectivity index (χ1) is 9.08. The second kappa shape index (κ2) is 8.47. The molecule has 7 nitrogen and oxygen atoms in total. The number of hydrogen-bond donors (Lipinski definition) is 4. The standard InChI is InChI=1S/C12H21N3O4/c16-10(8-13-7-3-6-11(17)18)15-12(19)14-9-4-1-2-5-9/h9,13H,1-8H2,(H,17,18)(H2,14,15,16,19). The topological polar surface area (TPSA) is 108 Å². The van der Waals surface area contributed by atoms with Crippen LogP contribution in [0.1, 0.15) is 38.5 Å². The summed E-state index contributed by atoms with van der Waals surface area (Å²) in [4.78, 5) is 33.1. The molecule has 4 N–H and O–H groups in total. The number of imide groups is 1. The lowest BCUT2D eigenvalue weighted by molar-refractivity contribution is -0.137. The summed E-state index contributed by atoms with van der Waals surface area (Å²) in [6.07, 6.45) is 4.69. The van der Waals surface area contributed by atoms with Crippen LogP contribution in [0.25, 0.3) is 0 Å². The summed E-state index contributed by atoms with van der Waals surface area (Å²) in [5.74, 6) is -1.27. The van der Waals surface area contributed by atoms with Crippen molar-refractivity contribution in [2.24, 2.45) is 0 Å². The zero-order valence-electron chi connectivity index (χ0n) is 10.9. The van der Waals surface area contributed by atoms with Gasteiger partial charge in [0.25, 0.3) is 0 Å². The second-order valence-electron chi connectivity index (χ2n) is 4.68. The normalized spacial score (nSPS) is 15.2. The van der Waals surface area contributed by atoms with Gasteiger partial charge < -0.3 is 15.7 Å². The molecule has 0 saturated heterocycles. The minimum Gasteiger partial charge on any atom is -0.481 e. The molecular weight excluding hydrogens is 250 g/mol. The summed E-state index contributed by atoms with van der Waals surface area (Å²) >= 11 is 0. The largest absolute Gasteiger partial charge is 0.481 e. The molecule has 108 valence electrons. The van der Waals surface area contributed by atoms with E-state index in [2.05, 4.69) is 16.0 Å². The smallest absolute Gasteiger partial charge is 0.321 e. The Morgan fingerprint density at radius 3 is 2.47 bits per heavy atom. The van der Waals surface area contributed by atoms with Gasteiger partial charge in [-0.25, -0.2) is 4.79 Å². The Morgan fingerprint density at radius 1 is 1.16 bits per heavy atom. The van der Waals surface area contributed by atoms with Gasteiger partial charge in [-0.15, -0.1) is 0 Å². The van der Waals surface area contributed by atoms with Crippen molar-refractivity contribution >= 4 is 17.9 Å². The van der Waals surface area contributed by atoms with E-state index >= 15 is 0 Å². The van der Waals surface area contributed by atoms with Gasteiger partial charge >= 0.3 is 12.0 Å². The molecule has 19 heavy (non-hydrogen) atoms. The molecule has 0 aromatic heterocycles. The number of hydrogen-bond acceptors (Lipinski definition) is 4. The first-order valence-corrected chi connectivity index (χ1v) is 6.61. The summed E-state index contributed by atoms with van der Waals surface area (Å²) in [5.41, 5.74) is 0. The van der Waals surface area contributed by atoms with Gasteiger partial charge in [0, 0.05) is 12.5 Å².